The van der Waals surface area contributed by atoms with Gasteiger partial charge in [0.05, 0.1) is 6.42 Å². The predicted molar refractivity (Wildman–Crippen MR) is 84.1 cm³/mol. The number of carboxylic acid groups (broad SMARTS) is 1. The number of nitrogens with zero attached hydrogens (tertiary/aromatic N) is 2. The van der Waals surface area contributed by atoms with Gasteiger partial charge in [-0.2, -0.15) is 0 Å². The van der Waals surface area contributed by atoms with Gasteiger partial charge in [0.1, 0.15) is 5.69 Å². The molecule has 1 heterocycles. The number of aryl methyl sites for hydroxylation is 1. The number of aliphatic carboxylic acids is 1. The number of aromatic nitrogens is 1. The van der Waals surface area contributed by atoms with Gasteiger partial charge in [-0.1, -0.05) is 25.1 Å². The molecule has 0 spiro atoms. The maximum atomic E-state index is 12.5. The molecule has 0 saturated heterocycles. The normalized spacial score (nSPS) is 10.3. The Morgan fingerprint density at radius 1 is 1.18 bits per heavy atom. The maximum Gasteiger partial charge on any atom is 0.307 e. The average molecular weight is 298 g/mol. The molecule has 0 atom stereocenters. The number of hydrogen-bond donors (Lipinski definition) is 1. The molecule has 0 saturated carbocycles. The highest BCUT2D eigenvalue weighted by Gasteiger charge is 2.15. The minimum atomic E-state index is -0.900. The third-order valence-electron chi connectivity index (χ3n) is 3.35. The zero-order chi connectivity index (χ0) is 16.1. The zero-order valence-electron chi connectivity index (χ0n) is 12.6. The Hall–Kier alpha value is -2.69. The quantitative estimate of drug-likeness (QED) is 0.921. The summed E-state index contributed by atoms with van der Waals surface area (Å²) < 4.78 is 0. The molecule has 22 heavy (non-hydrogen) atoms. The molecule has 5 nitrogen and oxygen atoms in total. The predicted octanol–water partition coefficient (Wildman–Crippen LogP) is 2.55. The smallest absolute Gasteiger partial charge is 0.307 e. The Kier molecular flexibility index (Phi) is 4.88. The standard InChI is InChI=1S/C17H18N2O3/c1-3-13-7-5-9-15(18-13)17(22)19(2)14-8-4-6-12(10-14)11-16(20)21/h4-10H,3,11H2,1-2H3,(H,20,21). The summed E-state index contributed by atoms with van der Waals surface area (Å²) in [5, 5.41) is 8.85. The summed E-state index contributed by atoms with van der Waals surface area (Å²) in [4.78, 5) is 29.1. The lowest BCUT2D eigenvalue weighted by molar-refractivity contribution is -0.136. The molecule has 1 aromatic heterocycles. The van der Waals surface area contributed by atoms with E-state index >= 15 is 0 Å². The largest absolute Gasteiger partial charge is 0.481 e. The van der Waals surface area contributed by atoms with Crippen LogP contribution in [0.2, 0.25) is 0 Å². The van der Waals surface area contributed by atoms with Crippen LogP contribution in [0.25, 0.3) is 0 Å². The molecular weight excluding hydrogens is 280 g/mol. The van der Waals surface area contributed by atoms with E-state index in [-0.39, 0.29) is 12.3 Å². The van der Waals surface area contributed by atoms with Crippen molar-refractivity contribution in [2.75, 3.05) is 11.9 Å². The molecule has 0 unspecified atom stereocenters. The summed E-state index contributed by atoms with van der Waals surface area (Å²) >= 11 is 0. The van der Waals surface area contributed by atoms with Gasteiger partial charge in [-0.25, -0.2) is 4.98 Å². The van der Waals surface area contributed by atoms with Gasteiger partial charge in [0.25, 0.3) is 5.91 Å². The van der Waals surface area contributed by atoms with E-state index in [1.165, 1.54) is 4.90 Å². The summed E-state index contributed by atoms with van der Waals surface area (Å²) in [5.74, 6) is -1.12. The number of hydrogen-bond acceptors (Lipinski definition) is 3. The highest BCUT2D eigenvalue weighted by atomic mass is 16.4. The molecule has 0 aliphatic heterocycles. The molecule has 0 aliphatic carbocycles. The maximum absolute atomic E-state index is 12.5. The van der Waals surface area contributed by atoms with E-state index in [1.807, 2.05) is 19.1 Å². The van der Waals surface area contributed by atoms with Crippen molar-refractivity contribution in [3.8, 4) is 0 Å². The van der Waals surface area contributed by atoms with Crippen molar-refractivity contribution in [2.24, 2.45) is 0 Å². The van der Waals surface area contributed by atoms with E-state index in [0.29, 0.717) is 16.9 Å². The molecule has 2 rings (SSSR count). The zero-order valence-corrected chi connectivity index (χ0v) is 12.6. The molecular formula is C17H18N2O3. The van der Waals surface area contributed by atoms with Gasteiger partial charge in [0.2, 0.25) is 0 Å². The van der Waals surface area contributed by atoms with Gasteiger partial charge in [0.15, 0.2) is 0 Å². The third kappa shape index (κ3) is 3.69. The summed E-state index contributed by atoms with van der Waals surface area (Å²) in [6.07, 6.45) is 0.693. The second kappa shape index (κ2) is 6.85. The number of carbonyl (C=O) groups is 2. The lowest BCUT2D eigenvalue weighted by Gasteiger charge is -2.18. The van der Waals surface area contributed by atoms with Crippen LogP contribution in [0.15, 0.2) is 42.5 Å². The molecule has 2 aromatic rings. The molecule has 1 N–H and O–H groups in total. The van der Waals surface area contributed by atoms with Crippen molar-refractivity contribution in [2.45, 2.75) is 19.8 Å². The van der Waals surface area contributed by atoms with Crippen LogP contribution in [0.4, 0.5) is 5.69 Å². The van der Waals surface area contributed by atoms with Gasteiger partial charge >= 0.3 is 5.97 Å². The summed E-state index contributed by atoms with van der Waals surface area (Å²) in [7, 11) is 1.66. The van der Waals surface area contributed by atoms with Crippen LogP contribution in [0.1, 0.15) is 28.7 Å². The number of rotatable bonds is 5. The highest BCUT2D eigenvalue weighted by Crippen LogP contribution is 2.17. The van der Waals surface area contributed by atoms with Crippen molar-refractivity contribution in [1.82, 2.24) is 4.98 Å². The van der Waals surface area contributed by atoms with Crippen molar-refractivity contribution in [1.29, 1.82) is 0 Å². The number of benzene rings is 1. The number of pyridine rings is 1. The molecule has 1 amide bonds. The van der Waals surface area contributed by atoms with E-state index in [4.69, 9.17) is 5.11 Å². The van der Waals surface area contributed by atoms with Crippen molar-refractivity contribution in [3.63, 3.8) is 0 Å². The average Bonchev–Trinajstić information content (AvgIpc) is 2.53. The Labute approximate surface area is 129 Å². The van der Waals surface area contributed by atoms with E-state index in [9.17, 15) is 9.59 Å². The van der Waals surface area contributed by atoms with Crippen LogP contribution < -0.4 is 4.90 Å². The van der Waals surface area contributed by atoms with Crippen molar-refractivity contribution in [3.05, 3.63) is 59.4 Å². The highest BCUT2D eigenvalue weighted by molar-refractivity contribution is 6.04. The molecule has 1 aromatic carbocycles. The lowest BCUT2D eigenvalue weighted by Crippen LogP contribution is -2.27. The van der Waals surface area contributed by atoms with Gasteiger partial charge in [0, 0.05) is 18.4 Å². The first-order valence-corrected chi connectivity index (χ1v) is 7.06. The van der Waals surface area contributed by atoms with Crippen LogP contribution in [0.5, 0.6) is 0 Å². The first-order valence-electron chi connectivity index (χ1n) is 7.06. The van der Waals surface area contributed by atoms with Gasteiger partial charge in [-0.05, 0) is 36.2 Å². The topological polar surface area (TPSA) is 70.5 Å². The molecule has 0 bridgehead atoms. The fraction of sp³-hybridized carbons (Fsp3) is 0.235. The Morgan fingerprint density at radius 2 is 1.91 bits per heavy atom. The van der Waals surface area contributed by atoms with Crippen LogP contribution in [-0.2, 0) is 17.6 Å². The SMILES string of the molecule is CCc1cccc(C(=O)N(C)c2cccc(CC(=O)O)c2)n1. The number of amides is 1. The molecule has 0 aliphatic rings. The Balaban J connectivity index is 2.24. The van der Waals surface area contributed by atoms with Crippen LogP contribution in [0.3, 0.4) is 0 Å². The van der Waals surface area contributed by atoms with Crippen LogP contribution in [-0.4, -0.2) is 29.0 Å². The van der Waals surface area contributed by atoms with E-state index < -0.39 is 5.97 Å². The minimum absolute atomic E-state index is 0.0700. The van der Waals surface area contributed by atoms with Crippen molar-refractivity contribution < 1.29 is 14.7 Å². The molecule has 0 radical (unpaired) electrons. The second-order valence-electron chi connectivity index (χ2n) is 4.97. The van der Waals surface area contributed by atoms with Crippen LogP contribution in [0, 0.1) is 0 Å². The number of carbonyl (C=O) groups excluding carboxylic acids is 1. The van der Waals surface area contributed by atoms with E-state index in [2.05, 4.69) is 4.98 Å². The molecule has 114 valence electrons. The Bertz CT molecular complexity index is 698. The summed E-state index contributed by atoms with van der Waals surface area (Å²) in [6, 6.07) is 12.3. The molecule has 0 fully saturated rings. The summed E-state index contributed by atoms with van der Waals surface area (Å²) in [5.41, 5.74) is 2.54. The van der Waals surface area contributed by atoms with E-state index in [0.717, 1.165) is 12.1 Å². The van der Waals surface area contributed by atoms with Crippen molar-refractivity contribution >= 4 is 17.6 Å². The number of anilines is 1. The first-order chi connectivity index (χ1) is 10.5. The Morgan fingerprint density at radius 3 is 2.59 bits per heavy atom. The first kappa shape index (κ1) is 15.7. The van der Waals surface area contributed by atoms with Gasteiger partial charge < -0.3 is 10.0 Å². The second-order valence-corrected chi connectivity index (χ2v) is 4.97. The van der Waals surface area contributed by atoms with Crippen LogP contribution >= 0.6 is 0 Å². The third-order valence-corrected chi connectivity index (χ3v) is 3.35. The van der Waals surface area contributed by atoms with Gasteiger partial charge in [-0.15, -0.1) is 0 Å². The number of carboxylic acids is 1. The molecule has 5 heteroatoms. The van der Waals surface area contributed by atoms with E-state index in [1.54, 1.807) is 37.4 Å². The fourth-order valence-electron chi connectivity index (χ4n) is 2.13. The lowest BCUT2D eigenvalue weighted by atomic mass is 10.1. The fourth-order valence-corrected chi connectivity index (χ4v) is 2.13. The van der Waals surface area contributed by atoms with Gasteiger partial charge in [-0.3, -0.25) is 9.59 Å². The monoisotopic (exact) mass is 298 g/mol. The minimum Gasteiger partial charge on any atom is -0.481 e. The summed E-state index contributed by atoms with van der Waals surface area (Å²) in [6.45, 7) is 1.98.